The van der Waals surface area contributed by atoms with E-state index in [2.05, 4.69) is 109 Å². The Morgan fingerprint density at radius 3 is 1.86 bits per heavy atom. The number of hydrogen-bond donors (Lipinski definition) is 0. The van der Waals surface area contributed by atoms with E-state index in [1.165, 1.54) is 54.5 Å². The van der Waals surface area contributed by atoms with Gasteiger partial charge in [0.15, 0.2) is 0 Å². The summed E-state index contributed by atoms with van der Waals surface area (Å²) < 4.78 is 2.49. The van der Waals surface area contributed by atoms with Gasteiger partial charge in [-0.05, 0) is 57.8 Å². The molecule has 0 aliphatic heterocycles. The average molecular weight is 371 g/mol. The second-order valence-corrected chi connectivity index (χ2v) is 7.92. The SMILES string of the molecule is Cc1ccc2c3ccccc3n(Cc3c4ccccc4cc4ccccc34)c2c1. The van der Waals surface area contributed by atoms with Crippen LogP contribution in [0.15, 0.2) is 97.1 Å². The minimum atomic E-state index is 0.856. The quantitative estimate of drug-likeness (QED) is 0.278. The molecule has 0 aliphatic carbocycles. The van der Waals surface area contributed by atoms with E-state index in [4.69, 9.17) is 0 Å². The molecular weight excluding hydrogens is 350 g/mol. The summed E-state index contributed by atoms with van der Waals surface area (Å²) in [7, 11) is 0. The Bertz CT molecular complexity index is 1480. The van der Waals surface area contributed by atoms with E-state index in [0.717, 1.165) is 6.54 Å². The number of aryl methyl sites for hydroxylation is 1. The highest BCUT2D eigenvalue weighted by Gasteiger charge is 2.14. The van der Waals surface area contributed by atoms with E-state index in [-0.39, 0.29) is 0 Å². The maximum atomic E-state index is 2.49. The van der Waals surface area contributed by atoms with Crippen molar-refractivity contribution < 1.29 is 0 Å². The second kappa shape index (κ2) is 6.22. The van der Waals surface area contributed by atoms with Crippen LogP contribution in [0.5, 0.6) is 0 Å². The molecule has 1 nitrogen and oxygen atoms in total. The van der Waals surface area contributed by atoms with Gasteiger partial charge in [0.25, 0.3) is 0 Å². The van der Waals surface area contributed by atoms with Crippen molar-refractivity contribution >= 4 is 43.4 Å². The van der Waals surface area contributed by atoms with Crippen molar-refractivity contribution in [3.8, 4) is 0 Å². The molecule has 0 spiro atoms. The van der Waals surface area contributed by atoms with Gasteiger partial charge < -0.3 is 4.57 Å². The van der Waals surface area contributed by atoms with E-state index < -0.39 is 0 Å². The smallest absolute Gasteiger partial charge is 0.0497 e. The maximum absolute atomic E-state index is 2.49. The molecule has 1 heterocycles. The van der Waals surface area contributed by atoms with Gasteiger partial charge in [-0.15, -0.1) is 0 Å². The van der Waals surface area contributed by atoms with Crippen LogP contribution < -0.4 is 0 Å². The van der Waals surface area contributed by atoms with Crippen LogP contribution in [-0.4, -0.2) is 4.57 Å². The van der Waals surface area contributed by atoms with Gasteiger partial charge in [0.2, 0.25) is 0 Å². The molecule has 0 radical (unpaired) electrons. The van der Waals surface area contributed by atoms with Crippen molar-refractivity contribution in [3.63, 3.8) is 0 Å². The van der Waals surface area contributed by atoms with Crippen molar-refractivity contribution in [3.05, 3.63) is 108 Å². The number of benzene rings is 5. The van der Waals surface area contributed by atoms with Gasteiger partial charge in [-0.25, -0.2) is 0 Å². The van der Waals surface area contributed by atoms with Gasteiger partial charge in [0.05, 0.1) is 0 Å². The van der Waals surface area contributed by atoms with Crippen molar-refractivity contribution in [2.45, 2.75) is 13.5 Å². The predicted molar refractivity (Wildman–Crippen MR) is 125 cm³/mol. The van der Waals surface area contributed by atoms with Gasteiger partial charge in [0, 0.05) is 28.4 Å². The number of nitrogens with zero attached hydrogens (tertiary/aromatic N) is 1. The third kappa shape index (κ3) is 2.48. The lowest BCUT2D eigenvalue weighted by atomic mass is 9.96. The maximum Gasteiger partial charge on any atom is 0.0497 e. The Kier molecular flexibility index (Phi) is 3.51. The summed E-state index contributed by atoms with van der Waals surface area (Å²) in [6, 6.07) is 35.4. The minimum Gasteiger partial charge on any atom is -0.336 e. The summed E-state index contributed by atoms with van der Waals surface area (Å²) in [5.74, 6) is 0. The number of aromatic nitrogens is 1. The highest BCUT2D eigenvalue weighted by atomic mass is 15.0. The molecular formula is C28H21N. The monoisotopic (exact) mass is 371 g/mol. The van der Waals surface area contributed by atoms with Crippen molar-refractivity contribution in [2.24, 2.45) is 0 Å². The summed E-state index contributed by atoms with van der Waals surface area (Å²) in [6.45, 7) is 3.03. The molecule has 138 valence electrons. The summed E-state index contributed by atoms with van der Waals surface area (Å²) in [6.07, 6.45) is 0. The molecule has 0 atom stereocenters. The van der Waals surface area contributed by atoms with Crippen LogP contribution in [0.1, 0.15) is 11.1 Å². The molecule has 0 fully saturated rings. The Hall–Kier alpha value is -3.58. The first kappa shape index (κ1) is 16.4. The molecule has 6 aromatic rings. The molecule has 6 rings (SSSR count). The summed E-state index contributed by atoms with van der Waals surface area (Å²) in [5, 5.41) is 7.94. The molecule has 0 N–H and O–H groups in total. The molecule has 1 aromatic heterocycles. The van der Waals surface area contributed by atoms with Crippen LogP contribution in [0.3, 0.4) is 0 Å². The Morgan fingerprint density at radius 2 is 1.14 bits per heavy atom. The lowest BCUT2D eigenvalue weighted by Crippen LogP contribution is -2.01. The largest absolute Gasteiger partial charge is 0.336 e. The lowest BCUT2D eigenvalue weighted by molar-refractivity contribution is 0.882. The average Bonchev–Trinajstić information content (AvgIpc) is 3.06. The first-order valence-corrected chi connectivity index (χ1v) is 10.2. The summed E-state index contributed by atoms with van der Waals surface area (Å²) in [4.78, 5) is 0. The Labute approximate surface area is 169 Å². The van der Waals surface area contributed by atoms with Crippen LogP contribution in [-0.2, 0) is 6.54 Å². The van der Waals surface area contributed by atoms with Gasteiger partial charge in [-0.3, -0.25) is 0 Å². The molecule has 0 aliphatic rings. The third-order valence-corrected chi connectivity index (χ3v) is 6.13. The zero-order chi connectivity index (χ0) is 19.4. The standard InChI is InChI=1S/C28H21N/c1-19-14-15-25-24-12-6-7-13-27(24)29(28(25)16-19)18-26-22-10-4-2-8-20(22)17-21-9-3-5-11-23(21)26/h2-17H,18H2,1H3. The highest BCUT2D eigenvalue weighted by molar-refractivity contribution is 6.09. The second-order valence-electron chi connectivity index (χ2n) is 7.92. The van der Waals surface area contributed by atoms with Crippen molar-refractivity contribution in [1.82, 2.24) is 4.57 Å². The number of fused-ring (bicyclic) bond motifs is 5. The first-order valence-electron chi connectivity index (χ1n) is 10.2. The summed E-state index contributed by atoms with van der Waals surface area (Å²) in [5.41, 5.74) is 5.29. The number of rotatable bonds is 2. The van der Waals surface area contributed by atoms with E-state index >= 15 is 0 Å². The van der Waals surface area contributed by atoms with E-state index in [1.54, 1.807) is 0 Å². The van der Waals surface area contributed by atoms with E-state index in [0.29, 0.717) is 0 Å². The Balaban J connectivity index is 1.72. The molecule has 0 unspecified atom stereocenters. The molecule has 1 heteroatoms. The number of hydrogen-bond acceptors (Lipinski definition) is 0. The van der Waals surface area contributed by atoms with Crippen LogP contribution >= 0.6 is 0 Å². The lowest BCUT2D eigenvalue weighted by Gasteiger charge is -2.14. The fourth-order valence-electron chi connectivity index (χ4n) is 4.77. The van der Waals surface area contributed by atoms with Crippen LogP contribution in [0.4, 0.5) is 0 Å². The molecule has 0 saturated heterocycles. The van der Waals surface area contributed by atoms with Crippen LogP contribution in [0.25, 0.3) is 43.4 Å². The van der Waals surface area contributed by atoms with Gasteiger partial charge >= 0.3 is 0 Å². The minimum absolute atomic E-state index is 0.856. The normalized spacial score (nSPS) is 11.8. The van der Waals surface area contributed by atoms with Gasteiger partial charge in [-0.2, -0.15) is 0 Å². The van der Waals surface area contributed by atoms with Crippen LogP contribution in [0, 0.1) is 6.92 Å². The fourth-order valence-corrected chi connectivity index (χ4v) is 4.77. The highest BCUT2D eigenvalue weighted by Crippen LogP contribution is 2.34. The molecule has 29 heavy (non-hydrogen) atoms. The van der Waals surface area contributed by atoms with Gasteiger partial charge in [-0.1, -0.05) is 78.9 Å². The van der Waals surface area contributed by atoms with E-state index in [1.807, 2.05) is 0 Å². The number of para-hydroxylation sites is 1. The zero-order valence-electron chi connectivity index (χ0n) is 16.4. The van der Waals surface area contributed by atoms with Gasteiger partial charge in [0.1, 0.15) is 0 Å². The molecule has 0 saturated carbocycles. The zero-order valence-corrected chi connectivity index (χ0v) is 16.4. The fraction of sp³-hybridized carbons (Fsp3) is 0.0714. The van der Waals surface area contributed by atoms with E-state index in [9.17, 15) is 0 Å². The molecule has 5 aromatic carbocycles. The van der Waals surface area contributed by atoms with Crippen LogP contribution in [0.2, 0.25) is 0 Å². The molecule has 0 amide bonds. The molecule has 0 bridgehead atoms. The van der Waals surface area contributed by atoms with Crippen molar-refractivity contribution in [1.29, 1.82) is 0 Å². The van der Waals surface area contributed by atoms with Crippen molar-refractivity contribution in [2.75, 3.05) is 0 Å². The predicted octanol–water partition coefficient (Wildman–Crippen LogP) is 7.46. The third-order valence-electron chi connectivity index (χ3n) is 6.13. The Morgan fingerprint density at radius 1 is 0.552 bits per heavy atom. The topological polar surface area (TPSA) is 4.93 Å². The summed E-state index contributed by atoms with van der Waals surface area (Å²) >= 11 is 0. The first-order chi connectivity index (χ1) is 14.3.